The summed E-state index contributed by atoms with van der Waals surface area (Å²) < 4.78 is 9.17. The van der Waals surface area contributed by atoms with E-state index >= 15 is 0 Å². The molecule has 11 aromatic rings. The first-order valence-electron chi connectivity index (χ1n) is 18.0. The average Bonchev–Trinajstić information content (AvgIpc) is 3.80. The molecule has 248 valence electrons. The first-order chi connectivity index (χ1) is 26.3. The third kappa shape index (κ3) is 4.86. The average molecular weight is 694 g/mol. The van der Waals surface area contributed by atoms with Crippen LogP contribution in [-0.4, -0.2) is 0 Å². The van der Waals surface area contributed by atoms with Crippen molar-refractivity contribution in [1.29, 1.82) is 0 Å². The number of benzene rings is 9. The van der Waals surface area contributed by atoms with Gasteiger partial charge in [-0.15, -0.1) is 11.3 Å². The highest BCUT2D eigenvalue weighted by atomic mass is 32.1. The highest BCUT2D eigenvalue weighted by Crippen LogP contribution is 2.43. The molecule has 0 aliphatic rings. The summed E-state index contributed by atoms with van der Waals surface area (Å²) in [7, 11) is 0. The molecule has 0 spiro atoms. The van der Waals surface area contributed by atoms with Gasteiger partial charge in [0, 0.05) is 53.4 Å². The molecule has 0 fully saturated rings. The van der Waals surface area contributed by atoms with E-state index in [1.807, 2.05) is 17.4 Å². The van der Waals surface area contributed by atoms with Crippen LogP contribution in [0.3, 0.4) is 0 Å². The summed E-state index contributed by atoms with van der Waals surface area (Å²) in [6.45, 7) is 0. The molecule has 0 bridgehead atoms. The van der Waals surface area contributed by atoms with Crippen LogP contribution in [0.15, 0.2) is 192 Å². The molecule has 2 aromatic heterocycles. The summed E-state index contributed by atoms with van der Waals surface area (Å²) in [5.74, 6) is 0. The largest absolute Gasteiger partial charge is 0.455 e. The van der Waals surface area contributed by atoms with Gasteiger partial charge in [-0.1, -0.05) is 133 Å². The van der Waals surface area contributed by atoms with Crippen molar-refractivity contribution in [2.75, 3.05) is 4.90 Å². The standard InChI is InChI=1S/C50H31NOS/c1-2-9-32(10-3-1)33-19-24-37(25-20-33)51(38-26-21-34(22-27-38)41-13-8-14-45-43-12-5-7-16-47(43)53-50(41)45)39-28-30-40-36(31-39)18-17-35-23-29-44-42-11-4-6-15-46(42)52-49(44)48(35)40/h1-31H. The Hall–Kier alpha value is -6.68. The van der Waals surface area contributed by atoms with Gasteiger partial charge in [0.2, 0.25) is 0 Å². The normalized spacial score (nSPS) is 11.8. The SMILES string of the molecule is c1ccc(-c2ccc(N(c3ccc(-c4cccc5c4sc4ccccc45)cc3)c3ccc4c(ccc5ccc6c7ccccc7oc6c54)c3)cc2)cc1. The van der Waals surface area contributed by atoms with Gasteiger partial charge in [-0.25, -0.2) is 0 Å². The number of thiophene rings is 1. The van der Waals surface area contributed by atoms with Gasteiger partial charge in [-0.3, -0.25) is 0 Å². The van der Waals surface area contributed by atoms with E-state index in [1.54, 1.807) is 0 Å². The van der Waals surface area contributed by atoms with Crippen LogP contribution in [-0.2, 0) is 0 Å². The lowest BCUT2D eigenvalue weighted by Crippen LogP contribution is -2.09. The van der Waals surface area contributed by atoms with E-state index in [2.05, 4.69) is 187 Å². The van der Waals surface area contributed by atoms with Crippen molar-refractivity contribution in [2.24, 2.45) is 0 Å². The lowest BCUT2D eigenvalue weighted by atomic mass is 9.98. The fourth-order valence-electron chi connectivity index (χ4n) is 8.10. The summed E-state index contributed by atoms with van der Waals surface area (Å²) in [5, 5.41) is 9.61. The Morgan fingerprint density at radius 3 is 1.85 bits per heavy atom. The minimum absolute atomic E-state index is 0.917. The summed E-state index contributed by atoms with van der Waals surface area (Å²) in [6.07, 6.45) is 0. The second kappa shape index (κ2) is 11.9. The van der Waals surface area contributed by atoms with Crippen LogP contribution in [0.1, 0.15) is 0 Å². The van der Waals surface area contributed by atoms with Gasteiger partial charge in [-0.2, -0.15) is 0 Å². The Balaban J connectivity index is 1.06. The second-order valence-electron chi connectivity index (χ2n) is 13.7. The topological polar surface area (TPSA) is 16.4 Å². The number of hydrogen-bond donors (Lipinski definition) is 0. The molecular weight excluding hydrogens is 663 g/mol. The van der Waals surface area contributed by atoms with Crippen molar-refractivity contribution in [3.05, 3.63) is 188 Å². The third-order valence-electron chi connectivity index (χ3n) is 10.7. The van der Waals surface area contributed by atoms with Crippen molar-refractivity contribution in [1.82, 2.24) is 0 Å². The van der Waals surface area contributed by atoms with Crippen molar-refractivity contribution in [3.8, 4) is 22.3 Å². The predicted octanol–water partition coefficient (Wildman–Crippen LogP) is 15.1. The zero-order chi connectivity index (χ0) is 34.9. The van der Waals surface area contributed by atoms with Crippen LogP contribution < -0.4 is 4.90 Å². The molecular formula is C50H31NOS. The summed E-state index contributed by atoms with van der Waals surface area (Å²) in [4.78, 5) is 2.37. The Bertz CT molecular complexity index is 3150. The lowest BCUT2D eigenvalue weighted by Gasteiger charge is -2.26. The second-order valence-corrected chi connectivity index (χ2v) is 14.7. The molecule has 0 radical (unpaired) electrons. The molecule has 0 saturated carbocycles. The van der Waals surface area contributed by atoms with E-state index in [4.69, 9.17) is 4.42 Å². The van der Waals surface area contributed by atoms with Crippen molar-refractivity contribution >= 4 is 92.1 Å². The fraction of sp³-hybridized carbons (Fsp3) is 0. The van der Waals surface area contributed by atoms with Crippen LogP contribution in [0, 0.1) is 0 Å². The molecule has 0 unspecified atom stereocenters. The van der Waals surface area contributed by atoms with Crippen LogP contribution in [0.4, 0.5) is 17.1 Å². The van der Waals surface area contributed by atoms with Gasteiger partial charge < -0.3 is 9.32 Å². The number of furan rings is 1. The highest BCUT2D eigenvalue weighted by Gasteiger charge is 2.17. The maximum Gasteiger partial charge on any atom is 0.143 e. The fourth-order valence-corrected chi connectivity index (χ4v) is 9.34. The van der Waals surface area contributed by atoms with Crippen molar-refractivity contribution in [3.63, 3.8) is 0 Å². The Labute approximate surface area is 310 Å². The molecule has 0 atom stereocenters. The van der Waals surface area contributed by atoms with Crippen LogP contribution in [0.5, 0.6) is 0 Å². The zero-order valence-corrected chi connectivity index (χ0v) is 29.5. The van der Waals surface area contributed by atoms with Gasteiger partial charge in [0.1, 0.15) is 11.2 Å². The number of anilines is 3. The highest BCUT2D eigenvalue weighted by molar-refractivity contribution is 7.26. The van der Waals surface area contributed by atoms with E-state index in [9.17, 15) is 0 Å². The molecule has 0 aliphatic carbocycles. The molecule has 2 heterocycles. The summed E-state index contributed by atoms with van der Waals surface area (Å²) in [6, 6.07) is 67.9. The van der Waals surface area contributed by atoms with Crippen molar-refractivity contribution < 1.29 is 4.42 Å². The monoisotopic (exact) mass is 693 g/mol. The number of hydrogen-bond acceptors (Lipinski definition) is 3. The number of nitrogens with zero attached hydrogens (tertiary/aromatic N) is 1. The van der Waals surface area contributed by atoms with E-state index in [1.165, 1.54) is 58.6 Å². The smallest absolute Gasteiger partial charge is 0.143 e. The van der Waals surface area contributed by atoms with E-state index < -0.39 is 0 Å². The third-order valence-corrected chi connectivity index (χ3v) is 11.9. The minimum Gasteiger partial charge on any atom is -0.455 e. The maximum absolute atomic E-state index is 6.52. The van der Waals surface area contributed by atoms with Crippen LogP contribution >= 0.6 is 11.3 Å². The lowest BCUT2D eigenvalue weighted by molar-refractivity contribution is 0.673. The molecule has 11 rings (SSSR count). The Morgan fingerprint density at radius 1 is 0.396 bits per heavy atom. The molecule has 3 heteroatoms. The van der Waals surface area contributed by atoms with E-state index in [0.29, 0.717) is 0 Å². The maximum atomic E-state index is 6.52. The van der Waals surface area contributed by atoms with Gasteiger partial charge in [-0.05, 0) is 93.0 Å². The minimum atomic E-state index is 0.917. The van der Waals surface area contributed by atoms with Crippen LogP contribution in [0.25, 0.3) is 85.9 Å². The molecule has 2 nitrogen and oxygen atoms in total. The summed E-state index contributed by atoms with van der Waals surface area (Å²) >= 11 is 1.87. The molecule has 0 amide bonds. The van der Waals surface area contributed by atoms with Gasteiger partial charge >= 0.3 is 0 Å². The number of fused-ring (bicyclic) bond motifs is 10. The summed E-state index contributed by atoms with van der Waals surface area (Å²) in [5.41, 5.74) is 10.0. The number of para-hydroxylation sites is 1. The van der Waals surface area contributed by atoms with Gasteiger partial charge in [0.25, 0.3) is 0 Å². The molecule has 53 heavy (non-hydrogen) atoms. The molecule has 0 N–H and O–H groups in total. The first kappa shape index (κ1) is 30.0. The van der Waals surface area contributed by atoms with Gasteiger partial charge in [0.05, 0.1) is 0 Å². The van der Waals surface area contributed by atoms with Gasteiger partial charge in [0.15, 0.2) is 0 Å². The van der Waals surface area contributed by atoms with E-state index in [-0.39, 0.29) is 0 Å². The molecule has 0 aliphatic heterocycles. The van der Waals surface area contributed by atoms with Crippen LogP contribution in [0.2, 0.25) is 0 Å². The molecule has 0 saturated heterocycles. The van der Waals surface area contributed by atoms with Crippen molar-refractivity contribution in [2.45, 2.75) is 0 Å². The Kier molecular flexibility index (Phi) is 6.76. The Morgan fingerprint density at radius 2 is 1.02 bits per heavy atom. The molecule has 9 aromatic carbocycles. The van der Waals surface area contributed by atoms with E-state index in [0.717, 1.165) is 44.4 Å². The number of rotatable bonds is 5. The zero-order valence-electron chi connectivity index (χ0n) is 28.7. The predicted molar refractivity (Wildman–Crippen MR) is 227 cm³/mol. The quantitative estimate of drug-likeness (QED) is 0.167. The first-order valence-corrected chi connectivity index (χ1v) is 18.8.